The molecule has 0 amide bonds. The molecule has 0 aliphatic carbocycles. The monoisotopic (exact) mass is 231 g/mol. The van der Waals surface area contributed by atoms with Crippen LogP contribution in [0.25, 0.3) is 0 Å². The van der Waals surface area contributed by atoms with Gasteiger partial charge in [-0.3, -0.25) is 0 Å². The minimum Gasteiger partial charge on any atom is -0.504 e. The van der Waals surface area contributed by atoms with E-state index in [1.807, 2.05) is 0 Å². The van der Waals surface area contributed by atoms with Crippen molar-refractivity contribution >= 4 is 28.9 Å². The molecule has 14 heavy (non-hydrogen) atoms. The standard InChI is InChI=1S/C10H11Cl2NO/c11-7-5-8(12)10(14)9(6-7)13-3-1-2-4-13/h5-6,14H,1-4H2. The second-order valence-corrected chi connectivity index (χ2v) is 4.29. The van der Waals surface area contributed by atoms with Gasteiger partial charge in [0.25, 0.3) is 0 Å². The Labute approximate surface area is 93.0 Å². The summed E-state index contributed by atoms with van der Waals surface area (Å²) in [5.41, 5.74) is 0.750. The molecular formula is C10H11Cl2NO. The lowest BCUT2D eigenvalue weighted by molar-refractivity contribution is 0.475. The molecule has 1 N–H and O–H groups in total. The van der Waals surface area contributed by atoms with Gasteiger partial charge in [-0.15, -0.1) is 0 Å². The minimum absolute atomic E-state index is 0.137. The molecule has 2 nitrogen and oxygen atoms in total. The molecule has 1 aliphatic rings. The Kier molecular flexibility index (Phi) is 2.75. The summed E-state index contributed by atoms with van der Waals surface area (Å²) in [5.74, 6) is 0.137. The van der Waals surface area contributed by atoms with Gasteiger partial charge in [0.1, 0.15) is 0 Å². The van der Waals surface area contributed by atoms with Crippen LogP contribution in [0.2, 0.25) is 10.0 Å². The van der Waals surface area contributed by atoms with Crippen molar-refractivity contribution in [3.8, 4) is 5.75 Å². The molecule has 1 heterocycles. The molecule has 76 valence electrons. The van der Waals surface area contributed by atoms with Crippen molar-refractivity contribution in [2.75, 3.05) is 18.0 Å². The third-order valence-corrected chi connectivity index (χ3v) is 2.96. The van der Waals surface area contributed by atoms with Gasteiger partial charge in [0.2, 0.25) is 0 Å². The van der Waals surface area contributed by atoms with Crippen molar-refractivity contribution in [2.24, 2.45) is 0 Å². The van der Waals surface area contributed by atoms with E-state index in [0.29, 0.717) is 10.0 Å². The van der Waals surface area contributed by atoms with Crippen molar-refractivity contribution in [1.82, 2.24) is 0 Å². The van der Waals surface area contributed by atoms with Crippen molar-refractivity contribution in [3.05, 3.63) is 22.2 Å². The maximum Gasteiger partial charge on any atom is 0.157 e. The summed E-state index contributed by atoms with van der Waals surface area (Å²) in [6, 6.07) is 3.31. The number of halogens is 2. The van der Waals surface area contributed by atoms with Gasteiger partial charge in [0.05, 0.1) is 10.7 Å². The molecule has 0 unspecified atom stereocenters. The lowest BCUT2D eigenvalue weighted by atomic mass is 10.2. The van der Waals surface area contributed by atoms with Crippen molar-refractivity contribution in [1.29, 1.82) is 0 Å². The van der Waals surface area contributed by atoms with E-state index in [0.717, 1.165) is 31.6 Å². The Bertz CT molecular complexity index is 348. The first-order chi connectivity index (χ1) is 6.68. The molecule has 0 spiro atoms. The van der Waals surface area contributed by atoms with Crippen LogP contribution in [0.4, 0.5) is 5.69 Å². The molecule has 0 saturated carbocycles. The van der Waals surface area contributed by atoms with Crippen LogP contribution in [0.1, 0.15) is 12.8 Å². The molecule has 0 radical (unpaired) electrons. The molecule has 1 aliphatic heterocycles. The normalized spacial score (nSPS) is 16.3. The first-order valence-electron chi connectivity index (χ1n) is 4.61. The number of rotatable bonds is 1. The summed E-state index contributed by atoms with van der Waals surface area (Å²) in [6.07, 6.45) is 2.31. The first-order valence-corrected chi connectivity index (χ1v) is 5.37. The molecular weight excluding hydrogens is 221 g/mol. The molecule has 1 aromatic carbocycles. The highest BCUT2D eigenvalue weighted by Crippen LogP contribution is 2.38. The number of anilines is 1. The molecule has 0 aromatic heterocycles. The van der Waals surface area contributed by atoms with Crippen LogP contribution in [0.3, 0.4) is 0 Å². The number of phenolic OH excluding ortho intramolecular Hbond substituents is 1. The third-order valence-electron chi connectivity index (χ3n) is 2.45. The number of benzene rings is 1. The van der Waals surface area contributed by atoms with Crippen LogP contribution in [0.5, 0.6) is 5.75 Å². The van der Waals surface area contributed by atoms with Gasteiger partial charge < -0.3 is 10.0 Å². The Morgan fingerprint density at radius 3 is 2.43 bits per heavy atom. The van der Waals surface area contributed by atoms with E-state index in [1.54, 1.807) is 12.1 Å². The summed E-state index contributed by atoms with van der Waals surface area (Å²) in [5, 5.41) is 10.6. The van der Waals surface area contributed by atoms with Gasteiger partial charge in [0, 0.05) is 18.1 Å². The van der Waals surface area contributed by atoms with Crippen LogP contribution in [0, 0.1) is 0 Å². The molecule has 1 aromatic rings. The number of aromatic hydroxyl groups is 1. The molecule has 0 bridgehead atoms. The highest BCUT2D eigenvalue weighted by molar-refractivity contribution is 6.36. The first kappa shape index (κ1) is 9.94. The topological polar surface area (TPSA) is 23.5 Å². The number of nitrogens with zero attached hydrogens (tertiary/aromatic N) is 1. The molecule has 0 atom stereocenters. The van der Waals surface area contributed by atoms with Crippen LogP contribution in [0.15, 0.2) is 12.1 Å². The van der Waals surface area contributed by atoms with E-state index in [1.165, 1.54) is 0 Å². The van der Waals surface area contributed by atoms with Crippen LogP contribution in [-0.2, 0) is 0 Å². The lowest BCUT2D eigenvalue weighted by Gasteiger charge is -2.19. The zero-order valence-electron chi connectivity index (χ0n) is 7.63. The van der Waals surface area contributed by atoms with Crippen LogP contribution in [-0.4, -0.2) is 18.2 Å². The second kappa shape index (κ2) is 3.87. The fraction of sp³-hybridized carbons (Fsp3) is 0.400. The zero-order valence-corrected chi connectivity index (χ0v) is 9.15. The predicted molar refractivity (Wildman–Crippen MR) is 59.6 cm³/mol. The van der Waals surface area contributed by atoms with Gasteiger partial charge in [0.15, 0.2) is 5.75 Å². The Morgan fingerprint density at radius 2 is 1.79 bits per heavy atom. The summed E-state index contributed by atoms with van der Waals surface area (Å²) in [7, 11) is 0. The van der Waals surface area contributed by atoms with Crippen molar-refractivity contribution in [2.45, 2.75) is 12.8 Å². The van der Waals surface area contributed by atoms with E-state index in [-0.39, 0.29) is 5.75 Å². The fourth-order valence-corrected chi connectivity index (χ4v) is 2.23. The average molecular weight is 232 g/mol. The SMILES string of the molecule is Oc1c(Cl)cc(Cl)cc1N1CCCC1. The molecule has 1 saturated heterocycles. The predicted octanol–water partition coefficient (Wildman–Crippen LogP) is 3.30. The lowest BCUT2D eigenvalue weighted by Crippen LogP contribution is -2.17. The maximum atomic E-state index is 9.75. The quantitative estimate of drug-likeness (QED) is 0.802. The Hall–Kier alpha value is -0.600. The highest BCUT2D eigenvalue weighted by atomic mass is 35.5. The summed E-state index contributed by atoms with van der Waals surface area (Å²) < 4.78 is 0. The number of phenols is 1. The summed E-state index contributed by atoms with van der Waals surface area (Å²) >= 11 is 11.7. The third kappa shape index (κ3) is 1.77. The second-order valence-electron chi connectivity index (χ2n) is 3.45. The Morgan fingerprint density at radius 1 is 1.14 bits per heavy atom. The fourth-order valence-electron chi connectivity index (χ4n) is 1.75. The minimum atomic E-state index is 0.137. The largest absolute Gasteiger partial charge is 0.504 e. The summed E-state index contributed by atoms with van der Waals surface area (Å²) in [6.45, 7) is 1.93. The van der Waals surface area contributed by atoms with E-state index >= 15 is 0 Å². The maximum absolute atomic E-state index is 9.75. The number of hydrogen-bond acceptors (Lipinski definition) is 2. The average Bonchev–Trinajstić information content (AvgIpc) is 2.63. The highest BCUT2D eigenvalue weighted by Gasteiger charge is 2.17. The van der Waals surface area contributed by atoms with Gasteiger partial charge in [-0.1, -0.05) is 23.2 Å². The molecule has 4 heteroatoms. The summed E-state index contributed by atoms with van der Waals surface area (Å²) in [4.78, 5) is 2.10. The Balaban J connectivity index is 2.40. The molecule has 2 rings (SSSR count). The van der Waals surface area contributed by atoms with Crippen molar-refractivity contribution in [3.63, 3.8) is 0 Å². The van der Waals surface area contributed by atoms with E-state index in [4.69, 9.17) is 23.2 Å². The van der Waals surface area contributed by atoms with Crippen molar-refractivity contribution < 1.29 is 5.11 Å². The smallest absolute Gasteiger partial charge is 0.157 e. The van der Waals surface area contributed by atoms with Gasteiger partial charge in [-0.05, 0) is 25.0 Å². The van der Waals surface area contributed by atoms with Gasteiger partial charge in [-0.25, -0.2) is 0 Å². The van der Waals surface area contributed by atoms with Crippen LogP contribution < -0.4 is 4.90 Å². The van der Waals surface area contributed by atoms with Gasteiger partial charge in [-0.2, -0.15) is 0 Å². The van der Waals surface area contributed by atoms with E-state index < -0.39 is 0 Å². The molecule has 1 fully saturated rings. The zero-order chi connectivity index (χ0) is 10.1. The van der Waals surface area contributed by atoms with E-state index in [2.05, 4.69) is 4.90 Å². The van der Waals surface area contributed by atoms with E-state index in [9.17, 15) is 5.11 Å². The van der Waals surface area contributed by atoms with Crippen LogP contribution >= 0.6 is 23.2 Å². The van der Waals surface area contributed by atoms with Gasteiger partial charge >= 0.3 is 0 Å². The number of hydrogen-bond donors (Lipinski definition) is 1.